The number of nitrogens with zero attached hydrogens (tertiary/aromatic N) is 3. The minimum absolute atomic E-state index is 0.491. The van der Waals surface area contributed by atoms with Crippen LogP contribution in [0.15, 0.2) is 42.5 Å². The van der Waals surface area contributed by atoms with Gasteiger partial charge in [0.05, 0.1) is 12.7 Å². The average molecular weight is 287 g/mol. The number of methoxy groups -OCH3 is 1. The maximum Gasteiger partial charge on any atom is 0.208 e. The van der Waals surface area contributed by atoms with Crippen molar-refractivity contribution < 1.29 is 4.74 Å². The third-order valence-corrected chi connectivity index (χ3v) is 3.18. The molecular formula is C14H11ClN4O. The van der Waals surface area contributed by atoms with Crippen molar-refractivity contribution in [2.75, 3.05) is 7.11 Å². The fourth-order valence-corrected chi connectivity index (χ4v) is 2.28. The summed E-state index contributed by atoms with van der Waals surface area (Å²) >= 11 is 6.05. The summed E-state index contributed by atoms with van der Waals surface area (Å²) in [6, 6.07) is 13.4. The van der Waals surface area contributed by atoms with Gasteiger partial charge >= 0.3 is 0 Å². The molecule has 0 unspecified atom stereocenters. The van der Waals surface area contributed by atoms with Gasteiger partial charge in [-0.1, -0.05) is 35.9 Å². The fourth-order valence-electron chi connectivity index (χ4n) is 2.09. The van der Waals surface area contributed by atoms with E-state index in [1.807, 2.05) is 42.5 Å². The Morgan fingerprint density at radius 3 is 2.60 bits per heavy atom. The summed E-state index contributed by atoms with van der Waals surface area (Å²) in [6.45, 7) is 0. The summed E-state index contributed by atoms with van der Waals surface area (Å²) < 4.78 is 5.53. The highest BCUT2D eigenvalue weighted by atomic mass is 35.5. The Balaban J connectivity index is 2.20. The first-order valence-corrected chi connectivity index (χ1v) is 6.34. The van der Waals surface area contributed by atoms with Gasteiger partial charge in [0, 0.05) is 10.6 Å². The number of hydrogen-bond acceptors (Lipinski definition) is 4. The molecule has 0 aliphatic heterocycles. The van der Waals surface area contributed by atoms with Crippen LogP contribution in [0.1, 0.15) is 0 Å². The number of hydrogen-bond donors (Lipinski definition) is 1. The Bertz CT molecular complexity index is 728. The second-order valence-electron chi connectivity index (χ2n) is 4.13. The summed E-state index contributed by atoms with van der Waals surface area (Å²) in [6.07, 6.45) is 0. The largest absolute Gasteiger partial charge is 0.495 e. The lowest BCUT2D eigenvalue weighted by Crippen LogP contribution is -1.93. The van der Waals surface area contributed by atoms with Crippen molar-refractivity contribution in [3.63, 3.8) is 0 Å². The summed E-state index contributed by atoms with van der Waals surface area (Å²) in [5, 5.41) is 14.7. The molecule has 1 aromatic heterocycles. The van der Waals surface area contributed by atoms with E-state index in [0.29, 0.717) is 16.6 Å². The fraction of sp³-hybridized carbons (Fsp3) is 0.0714. The van der Waals surface area contributed by atoms with Crippen molar-refractivity contribution in [2.45, 2.75) is 0 Å². The van der Waals surface area contributed by atoms with Gasteiger partial charge in [0.15, 0.2) is 0 Å². The van der Waals surface area contributed by atoms with Gasteiger partial charge in [-0.15, -0.1) is 10.2 Å². The molecule has 6 heteroatoms. The number of aromatic nitrogens is 4. The second-order valence-corrected chi connectivity index (χ2v) is 4.57. The molecule has 20 heavy (non-hydrogen) atoms. The summed E-state index contributed by atoms with van der Waals surface area (Å²) in [5.41, 5.74) is 2.68. The van der Waals surface area contributed by atoms with E-state index in [1.54, 1.807) is 7.11 Å². The molecule has 0 aliphatic rings. The first kappa shape index (κ1) is 12.6. The zero-order valence-electron chi connectivity index (χ0n) is 10.7. The van der Waals surface area contributed by atoms with Crippen LogP contribution in [0.4, 0.5) is 0 Å². The number of para-hydroxylation sites is 1. The van der Waals surface area contributed by atoms with Crippen LogP contribution in [-0.2, 0) is 0 Å². The van der Waals surface area contributed by atoms with Crippen LogP contribution in [-0.4, -0.2) is 27.7 Å². The van der Waals surface area contributed by atoms with E-state index in [9.17, 15) is 0 Å². The molecule has 3 rings (SSSR count). The van der Waals surface area contributed by atoms with Crippen molar-refractivity contribution in [3.05, 3.63) is 47.5 Å². The summed E-state index contributed by atoms with van der Waals surface area (Å²) in [5.74, 6) is 1.18. The summed E-state index contributed by atoms with van der Waals surface area (Å²) in [7, 11) is 1.62. The minimum Gasteiger partial charge on any atom is -0.495 e. The Kier molecular flexibility index (Phi) is 3.35. The van der Waals surface area contributed by atoms with Crippen LogP contribution in [0.2, 0.25) is 5.02 Å². The molecule has 0 radical (unpaired) electrons. The number of halogens is 1. The van der Waals surface area contributed by atoms with Crippen LogP contribution in [0.3, 0.4) is 0 Å². The molecule has 0 spiro atoms. The number of aromatic amines is 1. The lowest BCUT2D eigenvalue weighted by molar-refractivity contribution is 0.418. The van der Waals surface area contributed by atoms with Crippen LogP contribution in [0, 0.1) is 0 Å². The molecule has 0 fully saturated rings. The van der Waals surface area contributed by atoms with Crippen molar-refractivity contribution in [2.24, 2.45) is 0 Å². The number of benzene rings is 2. The Labute approximate surface area is 120 Å². The van der Waals surface area contributed by atoms with Gasteiger partial charge in [-0.2, -0.15) is 5.21 Å². The van der Waals surface area contributed by atoms with Crippen LogP contribution >= 0.6 is 11.6 Å². The number of nitrogens with one attached hydrogen (secondary N) is 1. The molecule has 3 aromatic rings. The molecule has 0 saturated heterocycles. The predicted octanol–water partition coefficient (Wildman–Crippen LogP) is 3.20. The molecule has 0 bridgehead atoms. The molecule has 0 aliphatic carbocycles. The van der Waals surface area contributed by atoms with Crippen LogP contribution < -0.4 is 4.74 Å². The van der Waals surface area contributed by atoms with Gasteiger partial charge < -0.3 is 4.74 Å². The minimum atomic E-state index is 0.491. The standard InChI is InChI=1S/C14H11ClN4O/c1-20-13-11(9-4-2-5-10(15)8-9)6-3-7-12(13)14-16-18-19-17-14/h2-8H,1H3,(H,16,17,18,19). The number of tetrazole rings is 1. The van der Waals surface area contributed by atoms with Gasteiger partial charge in [-0.25, -0.2) is 0 Å². The molecule has 2 aromatic carbocycles. The van der Waals surface area contributed by atoms with Crippen molar-refractivity contribution in [1.29, 1.82) is 0 Å². The normalized spacial score (nSPS) is 10.5. The Morgan fingerprint density at radius 2 is 1.90 bits per heavy atom. The molecule has 0 amide bonds. The zero-order valence-corrected chi connectivity index (χ0v) is 11.4. The van der Waals surface area contributed by atoms with Crippen molar-refractivity contribution >= 4 is 11.6 Å². The molecule has 1 N–H and O–H groups in total. The maximum absolute atomic E-state index is 6.05. The maximum atomic E-state index is 6.05. The predicted molar refractivity (Wildman–Crippen MR) is 76.6 cm³/mol. The highest BCUT2D eigenvalue weighted by molar-refractivity contribution is 6.30. The third kappa shape index (κ3) is 2.23. The van der Waals surface area contributed by atoms with Crippen molar-refractivity contribution in [3.8, 4) is 28.3 Å². The number of rotatable bonds is 3. The highest BCUT2D eigenvalue weighted by Crippen LogP contribution is 2.37. The highest BCUT2D eigenvalue weighted by Gasteiger charge is 2.15. The third-order valence-electron chi connectivity index (χ3n) is 2.94. The zero-order chi connectivity index (χ0) is 13.9. The second kappa shape index (κ2) is 5.30. The molecule has 100 valence electrons. The number of ether oxygens (including phenoxy) is 1. The lowest BCUT2D eigenvalue weighted by atomic mass is 10.0. The van der Waals surface area contributed by atoms with E-state index in [2.05, 4.69) is 20.6 Å². The first-order chi connectivity index (χ1) is 9.79. The van der Waals surface area contributed by atoms with Crippen LogP contribution in [0.5, 0.6) is 5.75 Å². The monoisotopic (exact) mass is 286 g/mol. The van der Waals surface area contributed by atoms with Crippen LogP contribution in [0.25, 0.3) is 22.5 Å². The van der Waals surface area contributed by atoms with Gasteiger partial charge in [0.25, 0.3) is 0 Å². The molecule has 0 saturated carbocycles. The quantitative estimate of drug-likeness (QED) is 0.803. The average Bonchev–Trinajstić information content (AvgIpc) is 3.00. The number of H-pyrrole nitrogens is 1. The molecule has 1 heterocycles. The first-order valence-electron chi connectivity index (χ1n) is 5.96. The topological polar surface area (TPSA) is 63.7 Å². The molecule has 5 nitrogen and oxygen atoms in total. The van der Waals surface area contributed by atoms with Gasteiger partial charge in [-0.05, 0) is 29.0 Å². The van der Waals surface area contributed by atoms with Gasteiger partial charge in [0.2, 0.25) is 5.82 Å². The van der Waals surface area contributed by atoms with E-state index in [4.69, 9.17) is 16.3 Å². The Morgan fingerprint density at radius 1 is 1.10 bits per heavy atom. The lowest BCUT2D eigenvalue weighted by Gasteiger charge is -2.12. The Hall–Kier alpha value is -2.40. The van der Waals surface area contributed by atoms with E-state index in [0.717, 1.165) is 16.7 Å². The van der Waals surface area contributed by atoms with E-state index in [1.165, 1.54) is 0 Å². The smallest absolute Gasteiger partial charge is 0.208 e. The van der Waals surface area contributed by atoms with E-state index >= 15 is 0 Å². The summed E-state index contributed by atoms with van der Waals surface area (Å²) in [4.78, 5) is 0. The molecule has 0 atom stereocenters. The molecular weight excluding hydrogens is 276 g/mol. The van der Waals surface area contributed by atoms with E-state index < -0.39 is 0 Å². The van der Waals surface area contributed by atoms with Crippen molar-refractivity contribution in [1.82, 2.24) is 20.6 Å². The SMILES string of the molecule is COc1c(-c2cccc(Cl)c2)cccc1-c1nn[nH]n1. The van der Waals surface area contributed by atoms with Gasteiger partial charge in [0.1, 0.15) is 5.75 Å². The van der Waals surface area contributed by atoms with Gasteiger partial charge in [-0.3, -0.25) is 0 Å². The van der Waals surface area contributed by atoms with E-state index in [-0.39, 0.29) is 0 Å².